The number of aromatic nitrogens is 1. The van der Waals surface area contributed by atoms with Gasteiger partial charge in [0.15, 0.2) is 5.13 Å². The van der Waals surface area contributed by atoms with E-state index in [1.54, 1.807) is 24.3 Å². The third kappa shape index (κ3) is 4.05. The number of carbonyl (C=O) groups excluding carboxylic acids is 2. The number of ether oxygens (including phenoxy) is 2. The van der Waals surface area contributed by atoms with Crippen LogP contribution in [0.15, 0.2) is 30.5 Å². The third-order valence-electron chi connectivity index (χ3n) is 2.60. The summed E-state index contributed by atoms with van der Waals surface area (Å²) in [6.07, 6.45) is 1.44. The number of amides is 1. The Labute approximate surface area is 132 Å². The number of carbonyl (C=O) groups is 2. The number of anilines is 1. The number of nitrogens with one attached hydrogen (secondary N) is 1. The van der Waals surface area contributed by atoms with Crippen LogP contribution in [0.3, 0.4) is 0 Å². The van der Waals surface area contributed by atoms with Gasteiger partial charge in [0.25, 0.3) is 5.91 Å². The van der Waals surface area contributed by atoms with Gasteiger partial charge in [0, 0.05) is 5.56 Å². The number of benzene rings is 1. The second kappa shape index (κ2) is 7.04. The fourth-order valence-corrected chi connectivity index (χ4v) is 2.38. The van der Waals surface area contributed by atoms with Crippen molar-refractivity contribution in [3.63, 3.8) is 0 Å². The number of methoxy groups -OCH3 is 1. The molecular formula is C15H16N2O4S. The molecule has 1 N–H and O–H groups in total. The summed E-state index contributed by atoms with van der Waals surface area (Å²) in [6.45, 7) is 3.87. The summed E-state index contributed by atoms with van der Waals surface area (Å²) in [6, 6.07) is 6.80. The van der Waals surface area contributed by atoms with Gasteiger partial charge in [-0.15, -0.1) is 0 Å². The molecule has 22 heavy (non-hydrogen) atoms. The van der Waals surface area contributed by atoms with Crippen molar-refractivity contribution >= 4 is 28.3 Å². The van der Waals surface area contributed by atoms with Gasteiger partial charge in [0.05, 0.1) is 19.4 Å². The summed E-state index contributed by atoms with van der Waals surface area (Å²) in [7, 11) is 1.29. The highest BCUT2D eigenvalue weighted by Crippen LogP contribution is 2.20. The zero-order valence-corrected chi connectivity index (χ0v) is 13.3. The number of esters is 1. The van der Waals surface area contributed by atoms with E-state index in [2.05, 4.69) is 15.0 Å². The summed E-state index contributed by atoms with van der Waals surface area (Å²) in [5.41, 5.74) is 0.478. The maximum absolute atomic E-state index is 12.1. The minimum atomic E-state index is -0.479. The average molecular weight is 320 g/mol. The highest BCUT2D eigenvalue weighted by atomic mass is 32.1. The van der Waals surface area contributed by atoms with Crippen molar-refractivity contribution in [2.75, 3.05) is 12.4 Å². The first-order chi connectivity index (χ1) is 10.5. The highest BCUT2D eigenvalue weighted by Gasteiger charge is 2.13. The highest BCUT2D eigenvalue weighted by molar-refractivity contribution is 7.17. The average Bonchev–Trinajstić information content (AvgIpc) is 2.95. The van der Waals surface area contributed by atoms with E-state index < -0.39 is 5.97 Å². The van der Waals surface area contributed by atoms with Crippen molar-refractivity contribution in [2.24, 2.45) is 0 Å². The van der Waals surface area contributed by atoms with Crippen LogP contribution in [0.2, 0.25) is 0 Å². The Morgan fingerprint density at radius 2 is 1.91 bits per heavy atom. The number of nitrogens with zero attached hydrogens (tertiary/aromatic N) is 1. The lowest BCUT2D eigenvalue weighted by molar-refractivity contribution is 0.0606. The zero-order valence-electron chi connectivity index (χ0n) is 12.5. The molecule has 7 heteroatoms. The summed E-state index contributed by atoms with van der Waals surface area (Å²) in [5.74, 6) is -0.0798. The molecule has 1 aromatic carbocycles. The molecule has 0 unspecified atom stereocenters. The maximum atomic E-state index is 12.1. The number of hydrogen-bond acceptors (Lipinski definition) is 6. The first kappa shape index (κ1) is 16.0. The molecule has 0 saturated carbocycles. The van der Waals surface area contributed by atoms with Gasteiger partial charge in [-0.05, 0) is 38.1 Å². The molecule has 0 radical (unpaired) electrons. The topological polar surface area (TPSA) is 77.5 Å². The van der Waals surface area contributed by atoms with Gasteiger partial charge >= 0.3 is 5.97 Å². The number of thiazole rings is 1. The SMILES string of the molecule is COC(=O)c1cnc(NC(=O)c2ccc(OC(C)C)cc2)s1. The van der Waals surface area contributed by atoms with E-state index >= 15 is 0 Å². The van der Waals surface area contributed by atoms with E-state index in [0.29, 0.717) is 21.3 Å². The molecule has 0 aliphatic heterocycles. The summed E-state index contributed by atoms with van der Waals surface area (Å²) < 4.78 is 10.1. The molecule has 116 valence electrons. The van der Waals surface area contributed by atoms with E-state index in [4.69, 9.17) is 4.74 Å². The third-order valence-corrected chi connectivity index (χ3v) is 3.49. The predicted octanol–water partition coefficient (Wildman–Crippen LogP) is 2.97. The minimum Gasteiger partial charge on any atom is -0.491 e. The molecule has 6 nitrogen and oxygen atoms in total. The number of rotatable bonds is 5. The van der Waals surface area contributed by atoms with Crippen LogP contribution in [-0.2, 0) is 4.74 Å². The molecule has 0 spiro atoms. The van der Waals surface area contributed by atoms with Gasteiger partial charge in [0.2, 0.25) is 0 Å². The first-order valence-corrected chi connectivity index (χ1v) is 7.43. The normalized spacial score (nSPS) is 10.4. The molecule has 0 bridgehead atoms. The van der Waals surface area contributed by atoms with Crippen LogP contribution in [0, 0.1) is 0 Å². The molecule has 0 aliphatic rings. The van der Waals surface area contributed by atoms with Gasteiger partial charge in [-0.25, -0.2) is 9.78 Å². The van der Waals surface area contributed by atoms with Crippen molar-refractivity contribution in [1.29, 1.82) is 0 Å². The standard InChI is InChI=1S/C15H16N2O4S/c1-9(2)21-11-6-4-10(5-7-11)13(18)17-15-16-8-12(22-15)14(19)20-3/h4-9H,1-3H3,(H,16,17,18). The van der Waals surface area contributed by atoms with Crippen LogP contribution in [0.1, 0.15) is 33.9 Å². The Hall–Kier alpha value is -2.41. The fraction of sp³-hybridized carbons (Fsp3) is 0.267. The van der Waals surface area contributed by atoms with Crippen LogP contribution in [-0.4, -0.2) is 30.1 Å². The molecule has 1 aromatic heterocycles. The maximum Gasteiger partial charge on any atom is 0.349 e. The largest absolute Gasteiger partial charge is 0.491 e. The number of hydrogen-bond donors (Lipinski definition) is 1. The Balaban J connectivity index is 2.02. The molecule has 0 atom stereocenters. The lowest BCUT2D eigenvalue weighted by atomic mass is 10.2. The van der Waals surface area contributed by atoms with Crippen molar-refractivity contribution in [1.82, 2.24) is 4.98 Å². The smallest absolute Gasteiger partial charge is 0.349 e. The quantitative estimate of drug-likeness (QED) is 0.857. The monoisotopic (exact) mass is 320 g/mol. The summed E-state index contributed by atoms with van der Waals surface area (Å²) in [4.78, 5) is 27.7. The van der Waals surface area contributed by atoms with E-state index in [9.17, 15) is 9.59 Å². The van der Waals surface area contributed by atoms with Crippen LogP contribution in [0.5, 0.6) is 5.75 Å². The van der Waals surface area contributed by atoms with Crippen LogP contribution < -0.4 is 10.1 Å². The van der Waals surface area contributed by atoms with Gasteiger partial charge in [-0.1, -0.05) is 11.3 Å². The first-order valence-electron chi connectivity index (χ1n) is 6.62. The van der Waals surface area contributed by atoms with Crippen LogP contribution in [0.25, 0.3) is 0 Å². The Morgan fingerprint density at radius 3 is 2.50 bits per heavy atom. The Morgan fingerprint density at radius 1 is 1.23 bits per heavy atom. The van der Waals surface area contributed by atoms with Crippen molar-refractivity contribution in [2.45, 2.75) is 20.0 Å². The van der Waals surface area contributed by atoms with E-state index in [-0.39, 0.29) is 12.0 Å². The predicted molar refractivity (Wildman–Crippen MR) is 83.6 cm³/mol. The molecule has 0 fully saturated rings. The molecule has 2 aromatic rings. The Bertz CT molecular complexity index is 664. The fourth-order valence-electron chi connectivity index (χ4n) is 1.65. The van der Waals surface area contributed by atoms with Gasteiger partial charge in [-0.2, -0.15) is 0 Å². The Kier molecular flexibility index (Phi) is 5.11. The summed E-state index contributed by atoms with van der Waals surface area (Å²) >= 11 is 1.06. The molecule has 1 heterocycles. The van der Waals surface area contributed by atoms with E-state index in [1.807, 2.05) is 13.8 Å². The van der Waals surface area contributed by atoms with Gasteiger partial charge < -0.3 is 9.47 Å². The second-order valence-corrected chi connectivity index (χ2v) is 5.70. The van der Waals surface area contributed by atoms with Crippen molar-refractivity contribution in [3.8, 4) is 5.75 Å². The van der Waals surface area contributed by atoms with Crippen LogP contribution >= 0.6 is 11.3 Å². The lowest BCUT2D eigenvalue weighted by Gasteiger charge is -2.09. The van der Waals surface area contributed by atoms with Gasteiger partial charge in [0.1, 0.15) is 10.6 Å². The van der Waals surface area contributed by atoms with Crippen molar-refractivity contribution < 1.29 is 19.1 Å². The van der Waals surface area contributed by atoms with E-state index in [1.165, 1.54) is 13.3 Å². The van der Waals surface area contributed by atoms with Crippen molar-refractivity contribution in [3.05, 3.63) is 40.9 Å². The zero-order chi connectivity index (χ0) is 16.1. The molecule has 2 rings (SSSR count). The van der Waals surface area contributed by atoms with E-state index in [0.717, 1.165) is 11.3 Å². The lowest BCUT2D eigenvalue weighted by Crippen LogP contribution is -2.11. The van der Waals surface area contributed by atoms with Gasteiger partial charge in [-0.3, -0.25) is 10.1 Å². The molecular weight excluding hydrogens is 304 g/mol. The van der Waals surface area contributed by atoms with Crippen LogP contribution in [0.4, 0.5) is 5.13 Å². The second-order valence-electron chi connectivity index (χ2n) is 4.67. The molecule has 0 saturated heterocycles. The molecule has 0 aliphatic carbocycles. The summed E-state index contributed by atoms with van der Waals surface area (Å²) in [5, 5.41) is 2.98. The minimum absolute atomic E-state index is 0.0757. The molecule has 1 amide bonds.